The number of rotatable bonds is 5. The number of carboxylic acid groups (broad SMARTS) is 1. The van der Waals surface area contributed by atoms with Crippen LogP contribution in [0.25, 0.3) is 0 Å². The zero-order valence-corrected chi connectivity index (χ0v) is 10.8. The maximum Gasteiger partial charge on any atom is 0.303 e. The van der Waals surface area contributed by atoms with Gasteiger partial charge in [-0.2, -0.15) is 0 Å². The van der Waals surface area contributed by atoms with Gasteiger partial charge in [0.1, 0.15) is 0 Å². The van der Waals surface area contributed by atoms with Crippen molar-refractivity contribution >= 4 is 33.7 Å². The van der Waals surface area contributed by atoms with Gasteiger partial charge in [0.15, 0.2) is 0 Å². The van der Waals surface area contributed by atoms with Crippen LogP contribution < -0.4 is 0 Å². The van der Waals surface area contributed by atoms with Crippen molar-refractivity contribution < 1.29 is 9.90 Å². The molecule has 1 atom stereocenters. The van der Waals surface area contributed by atoms with E-state index in [4.69, 9.17) is 5.11 Å². The van der Waals surface area contributed by atoms with Crippen molar-refractivity contribution in [3.8, 4) is 0 Å². The summed E-state index contributed by atoms with van der Waals surface area (Å²) in [6.45, 7) is 2.05. The molecule has 0 spiro atoms. The van der Waals surface area contributed by atoms with E-state index < -0.39 is 5.97 Å². The maximum atomic E-state index is 10.4. The van der Waals surface area contributed by atoms with E-state index in [-0.39, 0.29) is 6.42 Å². The molecule has 1 N–H and O–H groups in total. The van der Waals surface area contributed by atoms with Crippen LogP contribution in [0.15, 0.2) is 33.6 Å². The van der Waals surface area contributed by atoms with Crippen molar-refractivity contribution in [2.75, 3.05) is 0 Å². The van der Waals surface area contributed by atoms with Gasteiger partial charge in [-0.1, -0.05) is 19.1 Å². The molecule has 1 aromatic carbocycles. The molecule has 0 aliphatic rings. The highest BCUT2D eigenvalue weighted by Crippen LogP contribution is 2.31. The number of carbonyl (C=O) groups is 1. The molecule has 0 saturated heterocycles. The van der Waals surface area contributed by atoms with Gasteiger partial charge in [0.2, 0.25) is 0 Å². The fourth-order valence-corrected chi connectivity index (χ4v) is 2.71. The van der Waals surface area contributed by atoms with Crippen LogP contribution in [-0.4, -0.2) is 16.3 Å². The van der Waals surface area contributed by atoms with Gasteiger partial charge in [0.05, 0.1) is 0 Å². The van der Waals surface area contributed by atoms with E-state index in [2.05, 4.69) is 15.9 Å². The number of halogens is 1. The topological polar surface area (TPSA) is 37.3 Å². The minimum absolute atomic E-state index is 0.235. The minimum Gasteiger partial charge on any atom is -0.481 e. The number of benzene rings is 1. The zero-order valence-electron chi connectivity index (χ0n) is 8.44. The van der Waals surface area contributed by atoms with Gasteiger partial charge in [0.25, 0.3) is 0 Å². The summed E-state index contributed by atoms with van der Waals surface area (Å²) in [4.78, 5) is 11.6. The van der Waals surface area contributed by atoms with Crippen LogP contribution >= 0.6 is 27.7 Å². The Labute approximate surface area is 102 Å². The molecule has 0 heterocycles. The summed E-state index contributed by atoms with van der Waals surface area (Å²) < 4.78 is 1.07. The summed E-state index contributed by atoms with van der Waals surface area (Å²) in [7, 11) is 0. The summed E-state index contributed by atoms with van der Waals surface area (Å²) in [6.07, 6.45) is 0.931. The van der Waals surface area contributed by atoms with Gasteiger partial charge in [-0.05, 0) is 34.5 Å². The lowest BCUT2D eigenvalue weighted by Crippen LogP contribution is -2.02. The Bertz CT molecular complexity index is 341. The molecule has 15 heavy (non-hydrogen) atoms. The number of carboxylic acids is 1. The lowest BCUT2D eigenvalue weighted by Gasteiger charge is -2.10. The fourth-order valence-electron chi connectivity index (χ4n) is 1.14. The average Bonchev–Trinajstić information content (AvgIpc) is 2.18. The molecule has 0 aromatic heterocycles. The van der Waals surface area contributed by atoms with Crippen molar-refractivity contribution in [1.29, 1.82) is 0 Å². The zero-order chi connectivity index (χ0) is 11.3. The third-order valence-corrected chi connectivity index (χ3v) is 4.13. The number of hydrogen-bond acceptors (Lipinski definition) is 2. The summed E-state index contributed by atoms with van der Waals surface area (Å²) >= 11 is 5.17. The van der Waals surface area contributed by atoms with Gasteiger partial charge in [-0.15, -0.1) is 11.8 Å². The second-order valence-electron chi connectivity index (χ2n) is 3.29. The van der Waals surface area contributed by atoms with E-state index in [0.29, 0.717) is 11.7 Å². The summed E-state index contributed by atoms with van der Waals surface area (Å²) in [5.41, 5.74) is 0. The van der Waals surface area contributed by atoms with Crippen molar-refractivity contribution in [1.82, 2.24) is 0 Å². The Morgan fingerprint density at radius 3 is 2.80 bits per heavy atom. The van der Waals surface area contributed by atoms with Crippen molar-refractivity contribution in [3.63, 3.8) is 0 Å². The van der Waals surface area contributed by atoms with Crippen LogP contribution in [0.3, 0.4) is 0 Å². The van der Waals surface area contributed by atoms with Crippen LogP contribution in [0.2, 0.25) is 0 Å². The predicted octanol–water partition coefficient (Wildman–Crippen LogP) is 3.79. The number of thioether (sulfide) groups is 1. The Morgan fingerprint density at radius 1 is 1.53 bits per heavy atom. The third kappa shape index (κ3) is 4.71. The van der Waals surface area contributed by atoms with Crippen LogP contribution in [0.4, 0.5) is 0 Å². The SMILES string of the molecule is CC(CCC(=O)O)Sc1ccccc1Br. The lowest BCUT2D eigenvalue weighted by molar-refractivity contribution is -0.137. The van der Waals surface area contributed by atoms with E-state index in [1.165, 1.54) is 0 Å². The number of aliphatic carboxylic acids is 1. The van der Waals surface area contributed by atoms with Gasteiger partial charge in [-0.25, -0.2) is 0 Å². The van der Waals surface area contributed by atoms with Crippen molar-refractivity contribution in [3.05, 3.63) is 28.7 Å². The minimum atomic E-state index is -0.727. The van der Waals surface area contributed by atoms with Gasteiger partial charge in [0, 0.05) is 21.0 Å². The van der Waals surface area contributed by atoms with Crippen molar-refractivity contribution in [2.45, 2.75) is 29.9 Å². The first-order valence-corrected chi connectivity index (χ1v) is 6.40. The molecule has 1 aromatic rings. The quantitative estimate of drug-likeness (QED) is 0.838. The van der Waals surface area contributed by atoms with Crippen molar-refractivity contribution in [2.24, 2.45) is 0 Å². The van der Waals surface area contributed by atoms with Crippen LogP contribution in [0.1, 0.15) is 19.8 Å². The smallest absolute Gasteiger partial charge is 0.303 e. The molecular formula is C11H13BrO2S. The van der Waals surface area contributed by atoms with Crippen LogP contribution in [0.5, 0.6) is 0 Å². The summed E-state index contributed by atoms with van der Waals surface area (Å²) in [6, 6.07) is 7.98. The van der Waals surface area contributed by atoms with Gasteiger partial charge in [-0.3, -0.25) is 4.79 Å². The van der Waals surface area contributed by atoms with E-state index in [1.54, 1.807) is 11.8 Å². The molecule has 82 valence electrons. The molecule has 0 bridgehead atoms. The van der Waals surface area contributed by atoms with E-state index in [0.717, 1.165) is 9.37 Å². The van der Waals surface area contributed by atoms with Crippen LogP contribution in [-0.2, 0) is 4.79 Å². The molecular weight excluding hydrogens is 276 g/mol. The van der Waals surface area contributed by atoms with Crippen LogP contribution in [0, 0.1) is 0 Å². The monoisotopic (exact) mass is 288 g/mol. The predicted molar refractivity (Wildman–Crippen MR) is 66.3 cm³/mol. The Hall–Kier alpha value is -0.480. The molecule has 0 aliphatic carbocycles. The van der Waals surface area contributed by atoms with E-state index >= 15 is 0 Å². The highest BCUT2D eigenvalue weighted by molar-refractivity contribution is 9.10. The van der Waals surface area contributed by atoms with E-state index in [1.807, 2.05) is 31.2 Å². The first-order valence-electron chi connectivity index (χ1n) is 4.72. The van der Waals surface area contributed by atoms with Gasteiger partial charge >= 0.3 is 5.97 Å². The Morgan fingerprint density at radius 2 is 2.20 bits per heavy atom. The molecule has 0 aliphatic heterocycles. The highest BCUT2D eigenvalue weighted by Gasteiger charge is 2.08. The standard InChI is InChI=1S/C11H13BrO2S/c1-8(6-7-11(13)14)15-10-5-3-2-4-9(10)12/h2-5,8H,6-7H2,1H3,(H,13,14). The first kappa shape index (κ1) is 12.6. The summed E-state index contributed by atoms with van der Waals surface area (Å²) in [5.74, 6) is -0.727. The molecule has 1 unspecified atom stereocenters. The Kier molecular flexibility index (Phi) is 5.19. The molecule has 0 saturated carbocycles. The Balaban J connectivity index is 2.47. The normalized spacial score (nSPS) is 12.4. The first-order chi connectivity index (χ1) is 7.09. The number of hydrogen-bond donors (Lipinski definition) is 1. The molecule has 4 heteroatoms. The third-order valence-electron chi connectivity index (χ3n) is 1.93. The second kappa shape index (κ2) is 6.18. The lowest BCUT2D eigenvalue weighted by atomic mass is 10.2. The highest BCUT2D eigenvalue weighted by atomic mass is 79.9. The average molecular weight is 289 g/mol. The van der Waals surface area contributed by atoms with Gasteiger partial charge < -0.3 is 5.11 Å². The maximum absolute atomic E-state index is 10.4. The second-order valence-corrected chi connectivity index (χ2v) is 5.63. The fraction of sp³-hybridized carbons (Fsp3) is 0.364. The molecule has 0 radical (unpaired) electrons. The van der Waals surface area contributed by atoms with E-state index in [9.17, 15) is 4.79 Å². The molecule has 2 nitrogen and oxygen atoms in total. The molecule has 1 rings (SSSR count). The molecule has 0 amide bonds. The molecule has 0 fully saturated rings. The summed E-state index contributed by atoms with van der Waals surface area (Å²) in [5, 5.41) is 8.88. The largest absolute Gasteiger partial charge is 0.481 e.